The van der Waals surface area contributed by atoms with Gasteiger partial charge in [0.25, 0.3) is 10.2 Å². The number of nitrogens with two attached hydrogens (primary N) is 1. The van der Waals surface area contributed by atoms with Crippen molar-refractivity contribution in [3.8, 4) is 0 Å². The Bertz CT molecular complexity index is 321. The highest BCUT2D eigenvalue weighted by atomic mass is 32.2. The molecule has 1 aromatic rings. The summed E-state index contributed by atoms with van der Waals surface area (Å²) in [6.07, 6.45) is 2.90. The molecule has 0 radical (unpaired) electrons. The zero-order valence-electron chi connectivity index (χ0n) is 5.56. The number of hydrogen-bond acceptors (Lipinski definition) is 3. The van der Waals surface area contributed by atoms with E-state index in [1.165, 1.54) is 12.4 Å². The van der Waals surface area contributed by atoms with Crippen molar-refractivity contribution in [3.63, 3.8) is 0 Å². The Morgan fingerprint density at radius 1 is 1.55 bits per heavy atom. The second-order valence-corrected chi connectivity index (χ2v) is 3.18. The van der Waals surface area contributed by atoms with Gasteiger partial charge in [-0.15, -0.1) is 0 Å². The van der Waals surface area contributed by atoms with Crippen LogP contribution in [0.25, 0.3) is 0 Å². The average Bonchev–Trinajstić information content (AvgIpc) is 1.85. The molecule has 1 heterocycles. The van der Waals surface area contributed by atoms with E-state index in [2.05, 4.69) is 9.71 Å². The van der Waals surface area contributed by atoms with E-state index in [-0.39, 0.29) is 0 Å². The molecule has 0 aliphatic carbocycles. The van der Waals surface area contributed by atoms with Crippen LogP contribution in [-0.2, 0) is 10.2 Å². The summed E-state index contributed by atoms with van der Waals surface area (Å²) in [5, 5.41) is 4.70. The molecular weight excluding hydrogens is 166 g/mol. The Hall–Kier alpha value is -1.14. The van der Waals surface area contributed by atoms with Crippen molar-refractivity contribution in [1.82, 2.24) is 4.98 Å². The van der Waals surface area contributed by atoms with E-state index in [1.807, 2.05) is 0 Å². The normalized spacial score (nSPS) is 11.0. The minimum absolute atomic E-state index is 0.356. The SMILES string of the molecule is NS(=O)(=O)Nc1cccnc1. The molecule has 0 unspecified atom stereocenters. The number of hydrogen-bond donors (Lipinski definition) is 2. The van der Waals surface area contributed by atoms with E-state index in [1.54, 1.807) is 12.1 Å². The van der Waals surface area contributed by atoms with Crippen LogP contribution in [0.2, 0.25) is 0 Å². The van der Waals surface area contributed by atoms with Gasteiger partial charge in [-0.25, -0.2) is 5.14 Å². The molecule has 0 bridgehead atoms. The molecule has 0 aliphatic rings. The Kier molecular flexibility index (Phi) is 2.06. The second-order valence-electron chi connectivity index (χ2n) is 1.89. The zero-order chi connectivity index (χ0) is 8.32. The standard InChI is InChI=1S/C5H7N3O2S/c6-11(9,10)8-5-2-1-3-7-4-5/h1-4,8H,(H2,6,9,10). The maximum atomic E-state index is 10.4. The fourth-order valence-electron chi connectivity index (χ4n) is 0.587. The lowest BCUT2D eigenvalue weighted by molar-refractivity contribution is 0.603. The highest BCUT2D eigenvalue weighted by Crippen LogP contribution is 2.02. The van der Waals surface area contributed by atoms with Crippen LogP contribution < -0.4 is 9.86 Å². The van der Waals surface area contributed by atoms with Crippen molar-refractivity contribution >= 4 is 15.9 Å². The molecule has 0 amide bonds. The average molecular weight is 173 g/mol. The van der Waals surface area contributed by atoms with Crippen LogP contribution in [0.5, 0.6) is 0 Å². The van der Waals surface area contributed by atoms with Gasteiger partial charge >= 0.3 is 0 Å². The third-order valence-corrected chi connectivity index (χ3v) is 1.44. The van der Waals surface area contributed by atoms with Crippen LogP contribution in [0, 0.1) is 0 Å². The van der Waals surface area contributed by atoms with Gasteiger partial charge in [0.05, 0.1) is 11.9 Å². The first-order valence-electron chi connectivity index (χ1n) is 2.78. The van der Waals surface area contributed by atoms with Gasteiger partial charge in [-0.1, -0.05) is 0 Å². The molecule has 60 valence electrons. The molecule has 0 aliphatic heterocycles. The van der Waals surface area contributed by atoms with Gasteiger partial charge in [-0.2, -0.15) is 8.42 Å². The summed E-state index contributed by atoms with van der Waals surface area (Å²) in [5.41, 5.74) is 0.356. The number of rotatable bonds is 2. The third-order valence-electron chi connectivity index (χ3n) is 0.922. The molecule has 11 heavy (non-hydrogen) atoms. The maximum absolute atomic E-state index is 10.4. The monoisotopic (exact) mass is 173 g/mol. The summed E-state index contributed by atoms with van der Waals surface area (Å²) in [4.78, 5) is 3.69. The molecule has 0 saturated heterocycles. The highest BCUT2D eigenvalue weighted by molar-refractivity contribution is 7.90. The number of aromatic nitrogens is 1. The molecule has 0 saturated carbocycles. The Labute approximate surface area is 64.4 Å². The molecule has 5 nitrogen and oxygen atoms in total. The van der Waals surface area contributed by atoms with Gasteiger partial charge in [0, 0.05) is 6.20 Å². The predicted molar refractivity (Wildman–Crippen MR) is 41.0 cm³/mol. The van der Waals surface area contributed by atoms with Gasteiger partial charge < -0.3 is 0 Å². The fraction of sp³-hybridized carbons (Fsp3) is 0. The number of nitrogens with zero attached hydrogens (tertiary/aromatic N) is 1. The molecule has 0 spiro atoms. The number of nitrogens with one attached hydrogen (secondary N) is 1. The minimum atomic E-state index is -3.67. The molecule has 1 aromatic heterocycles. The van der Waals surface area contributed by atoms with Crippen molar-refractivity contribution in [1.29, 1.82) is 0 Å². The van der Waals surface area contributed by atoms with Crippen LogP contribution in [0.1, 0.15) is 0 Å². The smallest absolute Gasteiger partial charge is 0.270 e. The summed E-state index contributed by atoms with van der Waals surface area (Å²) in [6.45, 7) is 0. The molecule has 0 fully saturated rings. The first kappa shape index (κ1) is 7.96. The largest absolute Gasteiger partial charge is 0.296 e. The van der Waals surface area contributed by atoms with Gasteiger partial charge in [0.2, 0.25) is 0 Å². The maximum Gasteiger partial charge on any atom is 0.296 e. The molecular formula is C5H7N3O2S. The lowest BCUT2D eigenvalue weighted by atomic mass is 10.4. The van der Waals surface area contributed by atoms with Crippen LogP contribution in [0.15, 0.2) is 24.5 Å². The van der Waals surface area contributed by atoms with Gasteiger partial charge in [0.15, 0.2) is 0 Å². The summed E-state index contributed by atoms with van der Waals surface area (Å²) in [6, 6.07) is 3.16. The van der Waals surface area contributed by atoms with E-state index in [0.717, 1.165) is 0 Å². The zero-order valence-corrected chi connectivity index (χ0v) is 6.38. The van der Waals surface area contributed by atoms with Crippen molar-refractivity contribution in [2.45, 2.75) is 0 Å². The fourth-order valence-corrected chi connectivity index (χ4v) is 1.04. The Morgan fingerprint density at radius 3 is 2.73 bits per heavy atom. The van der Waals surface area contributed by atoms with Crippen molar-refractivity contribution in [3.05, 3.63) is 24.5 Å². The van der Waals surface area contributed by atoms with Crippen LogP contribution in [0.4, 0.5) is 5.69 Å². The van der Waals surface area contributed by atoms with Crippen LogP contribution in [0.3, 0.4) is 0 Å². The van der Waals surface area contributed by atoms with E-state index in [0.29, 0.717) is 5.69 Å². The van der Waals surface area contributed by atoms with Gasteiger partial charge in [0.1, 0.15) is 0 Å². The lowest BCUT2D eigenvalue weighted by Crippen LogP contribution is -2.21. The van der Waals surface area contributed by atoms with Crippen molar-refractivity contribution in [2.24, 2.45) is 5.14 Å². The molecule has 1 rings (SSSR count). The molecule has 6 heteroatoms. The van der Waals surface area contributed by atoms with Crippen LogP contribution in [-0.4, -0.2) is 13.4 Å². The summed E-state index contributed by atoms with van der Waals surface area (Å²) in [5.74, 6) is 0. The van der Waals surface area contributed by atoms with E-state index >= 15 is 0 Å². The number of pyridine rings is 1. The molecule has 0 atom stereocenters. The minimum Gasteiger partial charge on any atom is -0.270 e. The van der Waals surface area contributed by atoms with Gasteiger partial charge in [-0.3, -0.25) is 9.71 Å². The summed E-state index contributed by atoms with van der Waals surface area (Å²) < 4.78 is 22.9. The van der Waals surface area contributed by atoms with E-state index in [9.17, 15) is 8.42 Å². The van der Waals surface area contributed by atoms with Crippen LogP contribution >= 0.6 is 0 Å². The predicted octanol–water partition coefficient (Wildman–Crippen LogP) is -0.303. The molecule has 0 aromatic carbocycles. The van der Waals surface area contributed by atoms with Crippen molar-refractivity contribution < 1.29 is 8.42 Å². The van der Waals surface area contributed by atoms with Gasteiger partial charge in [-0.05, 0) is 12.1 Å². The first-order valence-corrected chi connectivity index (χ1v) is 4.33. The summed E-state index contributed by atoms with van der Waals surface area (Å²) in [7, 11) is -3.67. The quantitative estimate of drug-likeness (QED) is 0.643. The Balaban J connectivity index is 2.82. The van der Waals surface area contributed by atoms with E-state index in [4.69, 9.17) is 5.14 Å². The highest BCUT2D eigenvalue weighted by Gasteiger charge is 1.99. The summed E-state index contributed by atoms with van der Waals surface area (Å²) >= 11 is 0. The lowest BCUT2D eigenvalue weighted by Gasteiger charge is -2.00. The topological polar surface area (TPSA) is 85.1 Å². The molecule has 3 N–H and O–H groups in total. The van der Waals surface area contributed by atoms with E-state index < -0.39 is 10.2 Å². The Morgan fingerprint density at radius 2 is 2.27 bits per heavy atom. The van der Waals surface area contributed by atoms with Crippen molar-refractivity contribution in [2.75, 3.05) is 4.72 Å². The number of anilines is 1. The first-order chi connectivity index (χ1) is 5.08. The second kappa shape index (κ2) is 2.85. The third kappa shape index (κ3) is 2.96.